The number of hydrogen-bond donors (Lipinski definition) is 5. The molecule has 0 saturated heterocycles. The number of aliphatic imine (C=N–C) groups is 1. The minimum absolute atomic E-state index is 0.0727. The van der Waals surface area contributed by atoms with Gasteiger partial charge in [0, 0.05) is 42.1 Å². The molecule has 0 bridgehead atoms. The third-order valence-corrected chi connectivity index (χ3v) is 5.58. The zero-order chi connectivity index (χ0) is 21.1. The number of anilines is 3. The number of amides is 1. The molecule has 0 radical (unpaired) electrons. The SMILES string of the molecule is CC[C@@H](Nc1ncc(C(N)=O)c(Nc2cccc(C3=NCCCN3)c2)n1)C1(N)CC1. The summed E-state index contributed by atoms with van der Waals surface area (Å²) in [6, 6.07) is 7.86. The van der Waals surface area contributed by atoms with Gasteiger partial charge in [0.05, 0.1) is 0 Å². The first-order valence-electron chi connectivity index (χ1n) is 10.4. The first kappa shape index (κ1) is 20.1. The fourth-order valence-electron chi connectivity index (χ4n) is 3.63. The van der Waals surface area contributed by atoms with Crippen LogP contribution < -0.4 is 27.4 Å². The topological polar surface area (TPSA) is 143 Å². The summed E-state index contributed by atoms with van der Waals surface area (Å²) in [5.74, 6) is 1.05. The Kier molecular flexibility index (Phi) is 5.54. The Morgan fingerprint density at radius 1 is 1.37 bits per heavy atom. The van der Waals surface area contributed by atoms with Gasteiger partial charge >= 0.3 is 0 Å². The molecule has 2 aromatic rings. The van der Waals surface area contributed by atoms with Gasteiger partial charge in [-0.15, -0.1) is 0 Å². The van der Waals surface area contributed by atoms with Gasteiger partial charge in [0.25, 0.3) is 5.91 Å². The van der Waals surface area contributed by atoms with Gasteiger partial charge in [-0.25, -0.2) is 4.98 Å². The average Bonchev–Trinajstić information content (AvgIpc) is 3.51. The van der Waals surface area contributed by atoms with E-state index in [0.29, 0.717) is 11.8 Å². The van der Waals surface area contributed by atoms with E-state index in [0.717, 1.165) is 55.9 Å². The number of nitrogens with two attached hydrogens (primary N) is 2. The predicted octanol–water partition coefficient (Wildman–Crippen LogP) is 1.74. The smallest absolute Gasteiger partial charge is 0.254 e. The monoisotopic (exact) mass is 408 g/mol. The lowest BCUT2D eigenvalue weighted by molar-refractivity contribution is 0.100. The molecule has 1 aliphatic carbocycles. The van der Waals surface area contributed by atoms with Crippen LogP contribution in [0.4, 0.5) is 17.5 Å². The number of rotatable bonds is 8. The number of benzene rings is 1. The number of aromatic nitrogens is 2. The second kappa shape index (κ2) is 8.27. The fraction of sp³-hybridized carbons (Fsp3) is 0.429. The predicted molar refractivity (Wildman–Crippen MR) is 118 cm³/mol. The quantitative estimate of drug-likeness (QED) is 0.447. The van der Waals surface area contributed by atoms with Gasteiger partial charge in [-0.2, -0.15) is 4.98 Å². The van der Waals surface area contributed by atoms with Crippen LogP contribution >= 0.6 is 0 Å². The Labute approximate surface area is 175 Å². The average molecular weight is 409 g/mol. The normalized spacial score (nSPS) is 18.0. The van der Waals surface area contributed by atoms with Gasteiger partial charge in [-0.3, -0.25) is 9.79 Å². The molecule has 158 valence electrons. The summed E-state index contributed by atoms with van der Waals surface area (Å²) in [6.07, 6.45) is 5.29. The molecule has 9 nitrogen and oxygen atoms in total. The van der Waals surface area contributed by atoms with E-state index in [2.05, 4.69) is 37.8 Å². The van der Waals surface area contributed by atoms with Crippen molar-refractivity contribution in [2.75, 3.05) is 23.7 Å². The molecule has 7 N–H and O–H groups in total. The molecule has 2 heterocycles. The number of nitrogens with zero attached hydrogens (tertiary/aromatic N) is 3. The summed E-state index contributed by atoms with van der Waals surface area (Å²) >= 11 is 0. The highest BCUT2D eigenvalue weighted by molar-refractivity contribution is 6.00. The lowest BCUT2D eigenvalue weighted by Crippen LogP contribution is -2.42. The largest absolute Gasteiger partial charge is 0.370 e. The van der Waals surface area contributed by atoms with Crippen LogP contribution in [0.3, 0.4) is 0 Å². The third kappa shape index (κ3) is 4.35. The zero-order valence-electron chi connectivity index (χ0n) is 17.1. The minimum Gasteiger partial charge on any atom is -0.370 e. The first-order valence-corrected chi connectivity index (χ1v) is 10.4. The van der Waals surface area contributed by atoms with E-state index in [1.807, 2.05) is 24.3 Å². The number of amidine groups is 1. The van der Waals surface area contributed by atoms with Crippen molar-refractivity contribution in [1.29, 1.82) is 0 Å². The minimum atomic E-state index is -0.594. The molecular formula is C21H28N8O. The van der Waals surface area contributed by atoms with Crippen molar-refractivity contribution in [3.63, 3.8) is 0 Å². The second-order valence-corrected chi connectivity index (χ2v) is 7.87. The zero-order valence-corrected chi connectivity index (χ0v) is 17.1. The molecule has 4 rings (SSSR count). The maximum Gasteiger partial charge on any atom is 0.254 e. The summed E-state index contributed by atoms with van der Waals surface area (Å²) in [6.45, 7) is 3.80. The van der Waals surface area contributed by atoms with E-state index >= 15 is 0 Å². The van der Waals surface area contributed by atoms with Crippen LogP contribution in [0.5, 0.6) is 0 Å². The summed E-state index contributed by atoms with van der Waals surface area (Å²) in [5.41, 5.74) is 13.7. The van der Waals surface area contributed by atoms with E-state index in [1.165, 1.54) is 6.20 Å². The number of carbonyl (C=O) groups is 1. The second-order valence-electron chi connectivity index (χ2n) is 7.87. The van der Waals surface area contributed by atoms with Crippen molar-refractivity contribution in [3.8, 4) is 0 Å². The van der Waals surface area contributed by atoms with Gasteiger partial charge in [0.2, 0.25) is 5.95 Å². The van der Waals surface area contributed by atoms with Crippen molar-refractivity contribution >= 4 is 29.2 Å². The van der Waals surface area contributed by atoms with Crippen molar-refractivity contribution in [1.82, 2.24) is 15.3 Å². The molecule has 1 aliphatic heterocycles. The molecule has 1 aromatic heterocycles. The Balaban J connectivity index is 1.59. The number of nitrogens with one attached hydrogen (secondary N) is 3. The standard InChI is InChI=1S/C21H28N8O/c1-2-16(21(23)7-8-21)28-20-26-12-15(17(22)30)19(29-20)27-14-6-3-5-13(11-14)18-24-9-4-10-25-18/h3,5-6,11-12,16H,2,4,7-10,23H2,1H3,(H2,22,30)(H,24,25)(H2,26,27,28,29)/t16-/m1/s1. The molecule has 30 heavy (non-hydrogen) atoms. The van der Waals surface area contributed by atoms with E-state index in [-0.39, 0.29) is 17.1 Å². The van der Waals surface area contributed by atoms with Gasteiger partial charge in [0.15, 0.2) is 0 Å². The van der Waals surface area contributed by atoms with Crippen LogP contribution in [0.15, 0.2) is 35.5 Å². The van der Waals surface area contributed by atoms with E-state index in [9.17, 15) is 4.79 Å². The molecular weight excluding hydrogens is 380 g/mol. The summed E-state index contributed by atoms with van der Waals surface area (Å²) in [7, 11) is 0. The molecule has 1 amide bonds. The Bertz CT molecular complexity index is 969. The lowest BCUT2D eigenvalue weighted by atomic mass is 10.1. The van der Waals surface area contributed by atoms with Crippen LogP contribution in [0.25, 0.3) is 0 Å². The molecule has 2 aliphatic rings. The van der Waals surface area contributed by atoms with E-state index < -0.39 is 5.91 Å². The molecule has 0 unspecified atom stereocenters. The van der Waals surface area contributed by atoms with Crippen LogP contribution in [0.2, 0.25) is 0 Å². The molecule has 1 aromatic carbocycles. The van der Waals surface area contributed by atoms with Crippen LogP contribution in [-0.2, 0) is 0 Å². The van der Waals surface area contributed by atoms with Gasteiger partial charge in [-0.1, -0.05) is 19.1 Å². The number of primary amides is 1. The Morgan fingerprint density at radius 3 is 2.87 bits per heavy atom. The molecule has 0 spiro atoms. The van der Waals surface area contributed by atoms with E-state index in [1.54, 1.807) is 0 Å². The highest BCUT2D eigenvalue weighted by Gasteiger charge is 2.45. The van der Waals surface area contributed by atoms with Crippen molar-refractivity contribution in [3.05, 3.63) is 41.6 Å². The van der Waals surface area contributed by atoms with Gasteiger partial charge in [0.1, 0.15) is 17.2 Å². The van der Waals surface area contributed by atoms with Crippen LogP contribution in [0.1, 0.15) is 48.5 Å². The Hall–Kier alpha value is -3.20. The summed E-state index contributed by atoms with van der Waals surface area (Å²) < 4.78 is 0. The summed E-state index contributed by atoms with van der Waals surface area (Å²) in [5, 5.41) is 9.85. The Morgan fingerprint density at radius 2 is 2.20 bits per heavy atom. The highest BCUT2D eigenvalue weighted by Crippen LogP contribution is 2.38. The van der Waals surface area contributed by atoms with Crippen molar-refractivity contribution in [2.45, 2.75) is 44.2 Å². The molecule has 1 atom stereocenters. The third-order valence-electron chi connectivity index (χ3n) is 5.58. The fourth-order valence-corrected chi connectivity index (χ4v) is 3.63. The van der Waals surface area contributed by atoms with Crippen molar-refractivity contribution < 1.29 is 4.79 Å². The first-order chi connectivity index (χ1) is 14.5. The lowest BCUT2D eigenvalue weighted by Gasteiger charge is -2.23. The molecule has 1 fully saturated rings. The van der Waals surface area contributed by atoms with Crippen LogP contribution in [0, 0.1) is 0 Å². The maximum atomic E-state index is 11.9. The summed E-state index contributed by atoms with van der Waals surface area (Å²) in [4.78, 5) is 25.3. The van der Waals surface area contributed by atoms with E-state index in [4.69, 9.17) is 11.5 Å². The molecule has 1 saturated carbocycles. The number of hydrogen-bond acceptors (Lipinski definition) is 8. The number of carbonyl (C=O) groups excluding carboxylic acids is 1. The maximum absolute atomic E-state index is 11.9. The highest BCUT2D eigenvalue weighted by atomic mass is 16.1. The van der Waals surface area contributed by atoms with Crippen molar-refractivity contribution in [2.24, 2.45) is 16.5 Å². The molecule has 9 heteroatoms. The van der Waals surface area contributed by atoms with Crippen LogP contribution in [-0.4, -0.2) is 46.4 Å². The van der Waals surface area contributed by atoms with Gasteiger partial charge < -0.3 is 27.4 Å². The van der Waals surface area contributed by atoms with Gasteiger partial charge in [-0.05, 0) is 37.8 Å².